The lowest BCUT2D eigenvalue weighted by molar-refractivity contribution is -0.134. The molecule has 0 bridgehead atoms. The minimum absolute atomic E-state index is 0.366. The lowest BCUT2D eigenvalue weighted by Gasteiger charge is -2.07. The van der Waals surface area contributed by atoms with Gasteiger partial charge in [0.1, 0.15) is 5.75 Å². The summed E-state index contributed by atoms with van der Waals surface area (Å²) < 4.78 is 9.89. The van der Waals surface area contributed by atoms with Crippen molar-refractivity contribution in [2.75, 3.05) is 14.2 Å². The fourth-order valence-electron chi connectivity index (χ4n) is 1.84. The Hall–Kier alpha value is -2.29. The second-order valence-corrected chi connectivity index (χ2v) is 3.76. The first-order chi connectivity index (χ1) is 8.76. The van der Waals surface area contributed by atoms with Crippen LogP contribution in [0, 0.1) is 0 Å². The number of carbonyl (C=O) groups is 1. The van der Waals surface area contributed by atoms with E-state index in [1.54, 1.807) is 13.2 Å². The van der Waals surface area contributed by atoms with Gasteiger partial charge in [-0.05, 0) is 23.1 Å². The van der Waals surface area contributed by atoms with Crippen LogP contribution in [0.4, 0.5) is 0 Å². The summed E-state index contributed by atoms with van der Waals surface area (Å²) in [5, 5.41) is 2.06. The van der Waals surface area contributed by atoms with Gasteiger partial charge >= 0.3 is 5.97 Å². The maximum absolute atomic E-state index is 11.1. The summed E-state index contributed by atoms with van der Waals surface area (Å²) in [6.07, 6.45) is 3.15. The first-order valence-corrected chi connectivity index (χ1v) is 5.58. The second-order valence-electron chi connectivity index (χ2n) is 3.76. The van der Waals surface area contributed by atoms with E-state index in [4.69, 9.17) is 4.74 Å². The van der Waals surface area contributed by atoms with E-state index in [1.807, 2.05) is 36.4 Å². The standard InChI is InChI=1S/C15H14O3/c1-17-14-9-7-11(8-10-15(16)18-2)12-5-3-4-6-13(12)14/h3-10H,1-2H3/b10-8-. The lowest BCUT2D eigenvalue weighted by atomic mass is 10.0. The number of fused-ring (bicyclic) bond motifs is 1. The fraction of sp³-hybridized carbons (Fsp3) is 0.133. The monoisotopic (exact) mass is 242 g/mol. The first-order valence-electron chi connectivity index (χ1n) is 5.58. The Morgan fingerprint density at radius 2 is 1.78 bits per heavy atom. The molecule has 0 aliphatic carbocycles. The number of hydrogen-bond acceptors (Lipinski definition) is 3. The zero-order valence-corrected chi connectivity index (χ0v) is 10.3. The quantitative estimate of drug-likeness (QED) is 0.613. The number of esters is 1. The highest BCUT2D eigenvalue weighted by atomic mass is 16.5. The molecule has 3 heteroatoms. The van der Waals surface area contributed by atoms with Gasteiger partial charge in [0.25, 0.3) is 0 Å². The van der Waals surface area contributed by atoms with Crippen LogP contribution in [0.2, 0.25) is 0 Å². The summed E-state index contributed by atoms with van der Waals surface area (Å²) in [4.78, 5) is 11.1. The molecule has 0 saturated carbocycles. The van der Waals surface area contributed by atoms with Gasteiger partial charge in [0.15, 0.2) is 0 Å². The van der Waals surface area contributed by atoms with E-state index in [2.05, 4.69) is 4.74 Å². The topological polar surface area (TPSA) is 35.5 Å². The third-order valence-electron chi connectivity index (χ3n) is 2.74. The molecule has 0 N–H and O–H groups in total. The Labute approximate surface area is 106 Å². The van der Waals surface area contributed by atoms with Crippen molar-refractivity contribution in [3.05, 3.63) is 48.0 Å². The minimum Gasteiger partial charge on any atom is -0.496 e. The van der Waals surface area contributed by atoms with Crippen molar-refractivity contribution in [2.24, 2.45) is 0 Å². The Balaban J connectivity index is 2.53. The van der Waals surface area contributed by atoms with Crippen LogP contribution in [0.5, 0.6) is 5.75 Å². The van der Waals surface area contributed by atoms with E-state index < -0.39 is 0 Å². The number of ether oxygens (including phenoxy) is 2. The van der Waals surface area contributed by atoms with E-state index in [0.717, 1.165) is 22.1 Å². The Morgan fingerprint density at radius 1 is 1.06 bits per heavy atom. The third-order valence-corrected chi connectivity index (χ3v) is 2.74. The molecule has 0 amide bonds. The normalized spacial score (nSPS) is 10.8. The molecule has 2 aromatic rings. The van der Waals surface area contributed by atoms with E-state index in [0.29, 0.717) is 0 Å². The number of benzene rings is 2. The molecule has 0 unspecified atom stereocenters. The van der Waals surface area contributed by atoms with Gasteiger partial charge in [0.2, 0.25) is 0 Å². The largest absolute Gasteiger partial charge is 0.496 e. The van der Waals surface area contributed by atoms with Crippen molar-refractivity contribution in [1.82, 2.24) is 0 Å². The van der Waals surface area contributed by atoms with Crippen molar-refractivity contribution < 1.29 is 14.3 Å². The number of rotatable bonds is 3. The van der Waals surface area contributed by atoms with Crippen LogP contribution in [-0.2, 0) is 9.53 Å². The van der Waals surface area contributed by atoms with Crippen molar-refractivity contribution in [3.63, 3.8) is 0 Å². The molecule has 0 aliphatic heterocycles. The van der Waals surface area contributed by atoms with Gasteiger partial charge in [-0.2, -0.15) is 0 Å². The van der Waals surface area contributed by atoms with E-state index in [1.165, 1.54) is 13.2 Å². The molecule has 0 aromatic heterocycles. The molecule has 92 valence electrons. The smallest absolute Gasteiger partial charge is 0.330 e. The summed E-state index contributed by atoms with van der Waals surface area (Å²) in [7, 11) is 3.00. The van der Waals surface area contributed by atoms with Crippen LogP contribution in [0.3, 0.4) is 0 Å². The Kier molecular flexibility index (Phi) is 3.63. The molecule has 0 aliphatic rings. The highest BCUT2D eigenvalue weighted by Gasteiger charge is 2.04. The van der Waals surface area contributed by atoms with Crippen molar-refractivity contribution in [2.45, 2.75) is 0 Å². The van der Waals surface area contributed by atoms with E-state index >= 15 is 0 Å². The molecule has 0 heterocycles. The van der Waals surface area contributed by atoms with Crippen LogP contribution in [0.25, 0.3) is 16.8 Å². The molecule has 0 atom stereocenters. The van der Waals surface area contributed by atoms with Crippen molar-refractivity contribution in [3.8, 4) is 5.75 Å². The minimum atomic E-state index is -0.366. The van der Waals surface area contributed by atoms with Crippen LogP contribution in [0.1, 0.15) is 5.56 Å². The van der Waals surface area contributed by atoms with Crippen LogP contribution >= 0.6 is 0 Å². The summed E-state index contributed by atoms with van der Waals surface area (Å²) in [6.45, 7) is 0. The van der Waals surface area contributed by atoms with Crippen LogP contribution < -0.4 is 4.74 Å². The summed E-state index contributed by atoms with van der Waals surface area (Å²) in [6, 6.07) is 11.7. The summed E-state index contributed by atoms with van der Waals surface area (Å²) in [5.41, 5.74) is 0.955. The fourth-order valence-corrected chi connectivity index (χ4v) is 1.84. The SMILES string of the molecule is COC(=O)/C=C\c1ccc(OC)c2ccccc12. The molecule has 18 heavy (non-hydrogen) atoms. The molecule has 0 fully saturated rings. The highest BCUT2D eigenvalue weighted by molar-refractivity contribution is 5.97. The van der Waals surface area contributed by atoms with Gasteiger partial charge in [-0.25, -0.2) is 4.79 Å². The van der Waals surface area contributed by atoms with Gasteiger partial charge in [-0.3, -0.25) is 0 Å². The second kappa shape index (κ2) is 5.36. The maximum atomic E-state index is 11.1. The molecular weight excluding hydrogens is 228 g/mol. The molecule has 0 spiro atoms. The molecule has 2 aromatic carbocycles. The molecule has 0 radical (unpaired) electrons. The number of carbonyl (C=O) groups excluding carboxylic acids is 1. The Bertz CT molecular complexity index is 600. The molecule has 3 nitrogen and oxygen atoms in total. The predicted octanol–water partition coefficient (Wildman–Crippen LogP) is 3.03. The van der Waals surface area contributed by atoms with Crippen molar-refractivity contribution in [1.29, 1.82) is 0 Å². The van der Waals surface area contributed by atoms with Crippen LogP contribution in [0.15, 0.2) is 42.5 Å². The average molecular weight is 242 g/mol. The highest BCUT2D eigenvalue weighted by Crippen LogP contribution is 2.28. The molecule has 0 saturated heterocycles. The predicted molar refractivity (Wildman–Crippen MR) is 71.6 cm³/mol. The average Bonchev–Trinajstić information content (AvgIpc) is 2.44. The van der Waals surface area contributed by atoms with Gasteiger partial charge in [0, 0.05) is 11.5 Å². The number of hydrogen-bond donors (Lipinski definition) is 0. The lowest BCUT2D eigenvalue weighted by Crippen LogP contribution is -1.93. The van der Waals surface area contributed by atoms with Crippen molar-refractivity contribution >= 4 is 22.8 Å². The summed E-state index contributed by atoms with van der Waals surface area (Å²) in [5.74, 6) is 0.454. The van der Waals surface area contributed by atoms with E-state index in [9.17, 15) is 4.79 Å². The van der Waals surface area contributed by atoms with Gasteiger partial charge < -0.3 is 9.47 Å². The zero-order chi connectivity index (χ0) is 13.0. The third kappa shape index (κ3) is 2.35. The maximum Gasteiger partial charge on any atom is 0.330 e. The molecular formula is C15H14O3. The van der Waals surface area contributed by atoms with Gasteiger partial charge in [0.05, 0.1) is 14.2 Å². The number of methoxy groups -OCH3 is 2. The van der Waals surface area contributed by atoms with Gasteiger partial charge in [-0.1, -0.05) is 30.3 Å². The van der Waals surface area contributed by atoms with E-state index in [-0.39, 0.29) is 5.97 Å². The zero-order valence-electron chi connectivity index (χ0n) is 10.3. The summed E-state index contributed by atoms with van der Waals surface area (Å²) >= 11 is 0. The van der Waals surface area contributed by atoms with Gasteiger partial charge in [-0.15, -0.1) is 0 Å². The first kappa shape index (κ1) is 12.2. The Morgan fingerprint density at radius 3 is 2.44 bits per heavy atom. The molecule has 2 rings (SSSR count). The van der Waals surface area contributed by atoms with Crippen LogP contribution in [-0.4, -0.2) is 20.2 Å².